The van der Waals surface area contributed by atoms with Crippen LogP contribution in [-0.4, -0.2) is 16.0 Å². The fourth-order valence-electron chi connectivity index (χ4n) is 4.01. The van der Waals surface area contributed by atoms with Crippen LogP contribution in [0.4, 0.5) is 0 Å². The highest BCUT2D eigenvalue weighted by Crippen LogP contribution is 2.41. The van der Waals surface area contributed by atoms with Gasteiger partial charge in [-0.1, -0.05) is 68.4 Å². The molecule has 0 bridgehead atoms. The Labute approximate surface area is 164 Å². The summed E-state index contributed by atoms with van der Waals surface area (Å²) in [5.74, 6) is 0.470. The molecule has 0 atom stereocenters. The minimum atomic E-state index is 0.226. The molecule has 0 aliphatic carbocycles. The van der Waals surface area contributed by atoms with Crippen LogP contribution in [0.15, 0.2) is 72.8 Å². The number of hydrogen-bond donors (Lipinski definition) is 1. The summed E-state index contributed by atoms with van der Waals surface area (Å²) < 4.78 is 2.31. The Morgan fingerprint density at radius 1 is 0.964 bits per heavy atom. The molecule has 0 radical (unpaired) electrons. The molecule has 0 unspecified atom stereocenters. The van der Waals surface area contributed by atoms with Crippen molar-refractivity contribution in [2.24, 2.45) is 0 Å². The fraction of sp³-hybridized carbons (Fsp3) is 0.160. The van der Waals surface area contributed by atoms with Crippen LogP contribution < -0.4 is 0 Å². The van der Waals surface area contributed by atoms with E-state index in [9.17, 15) is 9.90 Å². The molecule has 1 N–H and O–H groups in total. The number of aromatic hydroxyl groups is 1. The number of nitrogens with zero attached hydrogens (tertiary/aromatic N) is 1. The van der Waals surface area contributed by atoms with Gasteiger partial charge in [0, 0.05) is 34.3 Å². The minimum Gasteiger partial charge on any atom is -0.508 e. The van der Waals surface area contributed by atoms with Crippen molar-refractivity contribution in [3.8, 4) is 16.9 Å². The van der Waals surface area contributed by atoms with Gasteiger partial charge in [0.2, 0.25) is 0 Å². The summed E-state index contributed by atoms with van der Waals surface area (Å²) in [6, 6.07) is 23.5. The molecular weight excluding hydrogens is 346 g/mol. The van der Waals surface area contributed by atoms with Gasteiger partial charge in [0.05, 0.1) is 0 Å². The third-order valence-corrected chi connectivity index (χ3v) is 5.17. The Morgan fingerprint density at radius 3 is 2.39 bits per heavy atom. The van der Waals surface area contributed by atoms with Crippen molar-refractivity contribution in [1.82, 2.24) is 4.57 Å². The molecule has 0 saturated heterocycles. The average molecular weight is 369 g/mol. The molecule has 0 aliphatic rings. The molecule has 0 amide bonds. The van der Waals surface area contributed by atoms with Crippen molar-refractivity contribution >= 4 is 17.2 Å². The number of benzene rings is 3. The Morgan fingerprint density at radius 2 is 1.68 bits per heavy atom. The van der Waals surface area contributed by atoms with Crippen molar-refractivity contribution in [3.63, 3.8) is 0 Å². The zero-order valence-corrected chi connectivity index (χ0v) is 16.1. The summed E-state index contributed by atoms with van der Waals surface area (Å²) >= 11 is 0. The Bertz CT molecular complexity index is 1140. The van der Waals surface area contributed by atoms with Gasteiger partial charge >= 0.3 is 0 Å². The zero-order chi connectivity index (χ0) is 19.7. The van der Waals surface area contributed by atoms with Crippen LogP contribution in [0.25, 0.3) is 22.0 Å². The third-order valence-electron chi connectivity index (χ3n) is 5.17. The van der Waals surface area contributed by atoms with E-state index in [4.69, 9.17) is 0 Å². The topological polar surface area (TPSA) is 42.2 Å². The molecule has 4 rings (SSSR count). The van der Waals surface area contributed by atoms with Crippen molar-refractivity contribution in [1.29, 1.82) is 0 Å². The molecule has 3 aromatic carbocycles. The number of hydrogen-bond acceptors (Lipinski definition) is 2. The first kappa shape index (κ1) is 18.1. The highest BCUT2D eigenvalue weighted by Gasteiger charge is 2.22. The van der Waals surface area contributed by atoms with Crippen LogP contribution in [0.5, 0.6) is 5.75 Å². The molecule has 1 heterocycles. The summed E-state index contributed by atoms with van der Waals surface area (Å²) in [7, 11) is 0. The lowest BCUT2D eigenvalue weighted by Gasteiger charge is -2.16. The first-order valence-corrected chi connectivity index (χ1v) is 9.53. The molecule has 0 fully saturated rings. The number of aromatic nitrogens is 1. The molecule has 3 nitrogen and oxygen atoms in total. The van der Waals surface area contributed by atoms with Crippen molar-refractivity contribution in [3.05, 3.63) is 89.6 Å². The summed E-state index contributed by atoms with van der Waals surface area (Å²) in [6.07, 6.45) is 0.905. The van der Waals surface area contributed by atoms with Crippen molar-refractivity contribution in [2.75, 3.05) is 0 Å². The van der Waals surface area contributed by atoms with Crippen molar-refractivity contribution < 1.29 is 9.90 Å². The van der Waals surface area contributed by atoms with Crippen LogP contribution in [-0.2, 0) is 6.54 Å². The number of carbonyl (C=O) groups is 1. The van der Waals surface area contributed by atoms with Gasteiger partial charge in [-0.3, -0.25) is 4.79 Å². The van der Waals surface area contributed by atoms with Crippen LogP contribution in [0.2, 0.25) is 0 Å². The number of aldehydes is 1. The molecular formula is C25H23NO2. The Balaban J connectivity index is 2.07. The molecule has 0 saturated carbocycles. The number of rotatable bonds is 5. The number of phenolic OH excluding ortho intramolecular Hbond substituents is 1. The quantitative estimate of drug-likeness (QED) is 0.439. The van der Waals surface area contributed by atoms with Gasteiger partial charge in [-0.15, -0.1) is 0 Å². The van der Waals surface area contributed by atoms with E-state index in [-0.39, 0.29) is 11.7 Å². The summed E-state index contributed by atoms with van der Waals surface area (Å²) in [4.78, 5) is 11.7. The fourth-order valence-corrected chi connectivity index (χ4v) is 4.01. The summed E-state index contributed by atoms with van der Waals surface area (Å²) in [5, 5.41) is 11.1. The van der Waals surface area contributed by atoms with Gasteiger partial charge in [-0.25, -0.2) is 0 Å². The SMILES string of the molecule is CC(C)c1c(-c2ccccc2C=O)c2cc(O)ccc2n1Cc1ccccc1. The van der Waals surface area contributed by atoms with Gasteiger partial charge in [0.1, 0.15) is 5.75 Å². The van der Waals surface area contributed by atoms with E-state index in [1.807, 2.05) is 48.5 Å². The van der Waals surface area contributed by atoms with Crippen molar-refractivity contribution in [2.45, 2.75) is 26.3 Å². The molecule has 4 aromatic rings. The maximum atomic E-state index is 11.7. The predicted molar refractivity (Wildman–Crippen MR) is 114 cm³/mol. The van der Waals surface area contributed by atoms with Crippen LogP contribution in [0.1, 0.15) is 41.4 Å². The lowest BCUT2D eigenvalue weighted by atomic mass is 9.93. The van der Waals surface area contributed by atoms with Gasteiger partial charge in [0.15, 0.2) is 6.29 Å². The van der Waals surface area contributed by atoms with E-state index in [0.29, 0.717) is 5.56 Å². The maximum absolute atomic E-state index is 11.7. The second-order valence-corrected chi connectivity index (χ2v) is 7.39. The largest absolute Gasteiger partial charge is 0.508 e. The molecule has 0 aliphatic heterocycles. The maximum Gasteiger partial charge on any atom is 0.150 e. The van der Waals surface area contributed by atoms with E-state index in [0.717, 1.165) is 34.9 Å². The number of carbonyl (C=O) groups excluding carboxylic acids is 1. The van der Waals surface area contributed by atoms with Gasteiger partial charge in [-0.05, 0) is 35.2 Å². The first-order chi connectivity index (χ1) is 13.6. The van der Waals surface area contributed by atoms with Crippen LogP contribution in [0.3, 0.4) is 0 Å². The highest BCUT2D eigenvalue weighted by molar-refractivity contribution is 6.03. The number of phenols is 1. The Kier molecular flexibility index (Phi) is 4.74. The van der Waals surface area contributed by atoms with Crippen LogP contribution in [0, 0.1) is 0 Å². The van der Waals surface area contributed by atoms with Crippen LogP contribution >= 0.6 is 0 Å². The normalized spacial score (nSPS) is 11.2. The second kappa shape index (κ2) is 7.35. The summed E-state index contributed by atoms with van der Waals surface area (Å²) in [6.45, 7) is 5.07. The smallest absolute Gasteiger partial charge is 0.150 e. The second-order valence-electron chi connectivity index (χ2n) is 7.39. The van der Waals surface area contributed by atoms with E-state index in [2.05, 4.69) is 30.5 Å². The van der Waals surface area contributed by atoms with E-state index < -0.39 is 0 Å². The molecule has 3 heteroatoms. The summed E-state index contributed by atoms with van der Waals surface area (Å²) in [5.41, 5.74) is 6.03. The molecule has 28 heavy (non-hydrogen) atoms. The lowest BCUT2D eigenvalue weighted by Crippen LogP contribution is -2.07. The minimum absolute atomic E-state index is 0.226. The Hall–Kier alpha value is -3.33. The van der Waals surface area contributed by atoms with E-state index in [1.165, 1.54) is 11.3 Å². The zero-order valence-electron chi connectivity index (χ0n) is 16.1. The molecule has 1 aromatic heterocycles. The predicted octanol–water partition coefficient (Wildman–Crippen LogP) is 6.00. The lowest BCUT2D eigenvalue weighted by molar-refractivity contribution is 0.112. The average Bonchev–Trinajstić information content (AvgIpc) is 3.02. The van der Waals surface area contributed by atoms with E-state index >= 15 is 0 Å². The first-order valence-electron chi connectivity index (χ1n) is 9.53. The molecule has 0 spiro atoms. The van der Waals surface area contributed by atoms with Gasteiger partial charge in [0.25, 0.3) is 0 Å². The number of fused-ring (bicyclic) bond motifs is 1. The molecule has 140 valence electrons. The van der Waals surface area contributed by atoms with Gasteiger partial charge < -0.3 is 9.67 Å². The van der Waals surface area contributed by atoms with Gasteiger partial charge in [-0.2, -0.15) is 0 Å². The standard InChI is InChI=1S/C25H23NO2/c1-17(2)25-24(21-11-7-6-10-19(21)16-27)22-14-20(28)12-13-23(22)26(25)15-18-8-4-3-5-9-18/h3-14,16-17,28H,15H2,1-2H3. The van der Waals surface area contributed by atoms with E-state index in [1.54, 1.807) is 12.1 Å². The monoisotopic (exact) mass is 369 g/mol. The highest BCUT2D eigenvalue weighted by atomic mass is 16.3. The third kappa shape index (κ3) is 3.09.